The van der Waals surface area contributed by atoms with Gasteiger partial charge in [-0.2, -0.15) is 0 Å². The van der Waals surface area contributed by atoms with E-state index >= 15 is 0 Å². The van der Waals surface area contributed by atoms with Gasteiger partial charge in [0.25, 0.3) is 0 Å². The highest BCUT2D eigenvalue weighted by Gasteiger charge is 2.03. The van der Waals surface area contributed by atoms with Crippen LogP contribution < -0.4 is 10.5 Å². The number of nitrogen functional groups attached to an aromatic ring is 1. The first-order valence-corrected chi connectivity index (χ1v) is 5.85. The molecule has 0 spiro atoms. The van der Waals surface area contributed by atoms with E-state index in [4.69, 9.17) is 15.2 Å². The molecule has 0 aliphatic rings. The van der Waals surface area contributed by atoms with E-state index in [0.29, 0.717) is 31.4 Å². The van der Waals surface area contributed by atoms with Crippen molar-refractivity contribution in [3.63, 3.8) is 0 Å². The second-order valence-corrected chi connectivity index (χ2v) is 4.33. The molecule has 0 bridgehead atoms. The van der Waals surface area contributed by atoms with E-state index in [9.17, 15) is 4.39 Å². The van der Waals surface area contributed by atoms with Gasteiger partial charge in [-0.3, -0.25) is 0 Å². The van der Waals surface area contributed by atoms with Crippen molar-refractivity contribution in [2.45, 2.75) is 20.3 Å². The Balaban J connectivity index is 2.18. The zero-order chi connectivity index (χ0) is 12.7. The molecule has 0 aromatic heterocycles. The van der Waals surface area contributed by atoms with Gasteiger partial charge in [-0.1, -0.05) is 13.8 Å². The molecule has 4 heteroatoms. The Labute approximate surface area is 102 Å². The van der Waals surface area contributed by atoms with E-state index < -0.39 is 5.82 Å². The third-order valence-electron chi connectivity index (χ3n) is 2.28. The van der Waals surface area contributed by atoms with Crippen LogP contribution in [0.3, 0.4) is 0 Å². The predicted molar refractivity (Wildman–Crippen MR) is 66.6 cm³/mol. The molecule has 0 saturated heterocycles. The largest absolute Gasteiger partial charge is 0.488 e. The van der Waals surface area contributed by atoms with E-state index in [1.54, 1.807) is 6.07 Å². The smallest absolute Gasteiger partial charge is 0.167 e. The number of rotatable bonds is 7. The van der Waals surface area contributed by atoms with Crippen LogP contribution >= 0.6 is 0 Å². The fraction of sp³-hybridized carbons (Fsp3) is 0.538. The molecule has 0 aliphatic carbocycles. The van der Waals surface area contributed by atoms with Crippen molar-refractivity contribution in [3.8, 4) is 5.75 Å². The summed E-state index contributed by atoms with van der Waals surface area (Å²) in [5.41, 5.74) is 5.82. The van der Waals surface area contributed by atoms with Crippen molar-refractivity contribution in [2.24, 2.45) is 5.92 Å². The van der Waals surface area contributed by atoms with Gasteiger partial charge in [0.15, 0.2) is 11.6 Å². The van der Waals surface area contributed by atoms with Crippen molar-refractivity contribution < 1.29 is 13.9 Å². The number of benzene rings is 1. The lowest BCUT2D eigenvalue weighted by Crippen LogP contribution is -2.09. The Hall–Kier alpha value is -1.29. The third kappa shape index (κ3) is 5.54. The molecule has 1 aromatic carbocycles. The van der Waals surface area contributed by atoms with Crippen LogP contribution in [0.15, 0.2) is 18.2 Å². The predicted octanol–water partition coefficient (Wildman–Crippen LogP) is 2.85. The summed E-state index contributed by atoms with van der Waals surface area (Å²) < 4.78 is 23.9. The van der Waals surface area contributed by atoms with Crippen LogP contribution in [-0.2, 0) is 4.74 Å². The van der Waals surface area contributed by atoms with E-state index in [0.717, 1.165) is 6.42 Å². The average Bonchev–Trinajstić information content (AvgIpc) is 2.25. The fourth-order valence-electron chi connectivity index (χ4n) is 1.27. The Morgan fingerprint density at radius 3 is 2.65 bits per heavy atom. The minimum absolute atomic E-state index is 0.214. The van der Waals surface area contributed by atoms with Crippen LogP contribution in [-0.4, -0.2) is 19.8 Å². The molecule has 0 atom stereocenters. The first kappa shape index (κ1) is 13.8. The van der Waals surface area contributed by atoms with Gasteiger partial charge in [-0.25, -0.2) is 4.39 Å². The first-order valence-electron chi connectivity index (χ1n) is 5.85. The summed E-state index contributed by atoms with van der Waals surface area (Å²) in [6.07, 6.45) is 1.02. The highest BCUT2D eigenvalue weighted by atomic mass is 19.1. The molecule has 0 saturated carbocycles. The Kier molecular flexibility index (Phi) is 5.77. The highest BCUT2D eigenvalue weighted by molar-refractivity contribution is 5.42. The van der Waals surface area contributed by atoms with Crippen LogP contribution in [0.25, 0.3) is 0 Å². The molecular weight excluding hydrogens is 221 g/mol. The van der Waals surface area contributed by atoms with E-state index in [-0.39, 0.29) is 5.75 Å². The number of anilines is 1. The quantitative estimate of drug-likeness (QED) is 0.589. The fourth-order valence-corrected chi connectivity index (χ4v) is 1.27. The highest BCUT2D eigenvalue weighted by Crippen LogP contribution is 2.19. The SMILES string of the molecule is CC(C)CCOCCOc1ccc(N)cc1F. The number of halogens is 1. The zero-order valence-corrected chi connectivity index (χ0v) is 10.4. The Morgan fingerprint density at radius 2 is 2.00 bits per heavy atom. The van der Waals surface area contributed by atoms with Crippen molar-refractivity contribution in [2.75, 3.05) is 25.6 Å². The van der Waals surface area contributed by atoms with Gasteiger partial charge in [0, 0.05) is 18.4 Å². The van der Waals surface area contributed by atoms with Crippen molar-refractivity contribution in [1.82, 2.24) is 0 Å². The molecule has 2 N–H and O–H groups in total. The van der Waals surface area contributed by atoms with Crippen molar-refractivity contribution >= 4 is 5.69 Å². The second kappa shape index (κ2) is 7.12. The number of nitrogens with two attached hydrogens (primary N) is 1. The minimum atomic E-state index is -0.438. The van der Waals surface area contributed by atoms with Crippen LogP contribution in [0.2, 0.25) is 0 Å². The van der Waals surface area contributed by atoms with Crippen molar-refractivity contribution in [3.05, 3.63) is 24.0 Å². The van der Waals surface area contributed by atoms with Gasteiger partial charge in [-0.15, -0.1) is 0 Å². The van der Waals surface area contributed by atoms with Crippen LogP contribution in [0.1, 0.15) is 20.3 Å². The molecule has 3 nitrogen and oxygen atoms in total. The summed E-state index contributed by atoms with van der Waals surface area (Å²) in [7, 11) is 0. The topological polar surface area (TPSA) is 44.5 Å². The molecule has 0 heterocycles. The summed E-state index contributed by atoms with van der Waals surface area (Å²) in [6.45, 7) is 5.81. The molecule has 1 rings (SSSR count). The molecule has 0 aliphatic heterocycles. The van der Waals surface area contributed by atoms with E-state index in [2.05, 4.69) is 13.8 Å². The van der Waals surface area contributed by atoms with E-state index in [1.807, 2.05) is 0 Å². The van der Waals surface area contributed by atoms with Crippen LogP contribution in [0, 0.1) is 11.7 Å². The summed E-state index contributed by atoms with van der Waals surface area (Å²) in [5.74, 6) is 0.407. The Bertz CT molecular complexity index is 342. The number of ether oxygens (including phenoxy) is 2. The molecule has 17 heavy (non-hydrogen) atoms. The summed E-state index contributed by atoms with van der Waals surface area (Å²) in [6, 6.07) is 4.38. The average molecular weight is 241 g/mol. The summed E-state index contributed by atoms with van der Waals surface area (Å²) in [4.78, 5) is 0. The standard InChI is InChI=1S/C13H20FNO2/c1-10(2)5-6-16-7-8-17-13-4-3-11(15)9-12(13)14/h3-4,9-10H,5-8,15H2,1-2H3. The lowest BCUT2D eigenvalue weighted by atomic mass is 10.1. The third-order valence-corrected chi connectivity index (χ3v) is 2.28. The monoisotopic (exact) mass is 241 g/mol. The molecule has 0 amide bonds. The normalized spacial score (nSPS) is 10.8. The molecule has 0 fully saturated rings. The molecule has 1 aromatic rings. The van der Waals surface area contributed by atoms with E-state index in [1.165, 1.54) is 12.1 Å². The van der Waals surface area contributed by atoms with Gasteiger partial charge in [-0.05, 0) is 24.5 Å². The Morgan fingerprint density at radius 1 is 1.24 bits per heavy atom. The zero-order valence-electron chi connectivity index (χ0n) is 10.4. The van der Waals surface area contributed by atoms with Gasteiger partial charge in [0.1, 0.15) is 6.61 Å². The number of hydrogen-bond donors (Lipinski definition) is 1. The van der Waals surface area contributed by atoms with Crippen LogP contribution in [0.4, 0.5) is 10.1 Å². The lowest BCUT2D eigenvalue weighted by molar-refractivity contribution is 0.0913. The maximum absolute atomic E-state index is 13.3. The lowest BCUT2D eigenvalue weighted by Gasteiger charge is -2.09. The number of hydrogen-bond acceptors (Lipinski definition) is 3. The maximum atomic E-state index is 13.3. The molecule has 0 unspecified atom stereocenters. The van der Waals surface area contributed by atoms with Gasteiger partial charge in [0.05, 0.1) is 6.61 Å². The summed E-state index contributed by atoms with van der Waals surface area (Å²) in [5, 5.41) is 0. The van der Waals surface area contributed by atoms with Crippen molar-refractivity contribution in [1.29, 1.82) is 0 Å². The second-order valence-electron chi connectivity index (χ2n) is 4.33. The van der Waals surface area contributed by atoms with Gasteiger partial charge >= 0.3 is 0 Å². The molecular formula is C13H20FNO2. The summed E-state index contributed by atoms with van der Waals surface area (Å²) >= 11 is 0. The first-order chi connectivity index (χ1) is 8.09. The minimum Gasteiger partial charge on any atom is -0.488 e. The van der Waals surface area contributed by atoms with Gasteiger partial charge < -0.3 is 15.2 Å². The maximum Gasteiger partial charge on any atom is 0.167 e. The molecule has 0 radical (unpaired) electrons. The van der Waals surface area contributed by atoms with Crippen LogP contribution in [0.5, 0.6) is 5.75 Å². The molecule has 96 valence electrons. The van der Waals surface area contributed by atoms with Gasteiger partial charge in [0.2, 0.25) is 0 Å².